The maximum atomic E-state index is 12.1. The number of ether oxygens (including phenoxy) is 1. The lowest BCUT2D eigenvalue weighted by atomic mass is 9.89. The third-order valence-electron chi connectivity index (χ3n) is 5.80. The van der Waals surface area contributed by atoms with Crippen molar-refractivity contribution in [3.63, 3.8) is 0 Å². The number of aryl methyl sites for hydroxylation is 1. The van der Waals surface area contributed by atoms with Gasteiger partial charge in [-0.2, -0.15) is 0 Å². The van der Waals surface area contributed by atoms with Gasteiger partial charge in [0.2, 0.25) is 5.91 Å². The molecule has 1 amide bonds. The first-order valence-electron chi connectivity index (χ1n) is 11.5. The molecule has 0 saturated carbocycles. The first-order chi connectivity index (χ1) is 15.5. The van der Waals surface area contributed by atoms with Gasteiger partial charge in [0.25, 0.3) is 0 Å². The number of likely N-dealkylation sites (N-methyl/N-ethyl adjacent to an activating group) is 1. The maximum absolute atomic E-state index is 12.1. The Morgan fingerprint density at radius 3 is 2.56 bits per heavy atom. The molecule has 2 N–H and O–H groups in total. The highest BCUT2D eigenvalue weighted by molar-refractivity contribution is 5.84. The van der Waals surface area contributed by atoms with E-state index in [-0.39, 0.29) is 18.6 Å². The lowest BCUT2D eigenvalue weighted by Crippen LogP contribution is -2.43. The Bertz CT molecular complexity index is 865. The molecule has 3 rings (SSSR count). The molecule has 32 heavy (non-hydrogen) atoms. The number of nitrogens with zero attached hydrogens (tertiary/aromatic N) is 2. The highest BCUT2D eigenvalue weighted by Gasteiger charge is 2.27. The Labute approximate surface area is 192 Å². The first-order valence-corrected chi connectivity index (χ1v) is 11.5. The molecule has 1 aliphatic heterocycles. The summed E-state index contributed by atoms with van der Waals surface area (Å²) in [6.07, 6.45) is 3.12. The third kappa shape index (κ3) is 7.38. The van der Waals surface area contributed by atoms with Crippen molar-refractivity contribution in [2.24, 2.45) is 10.9 Å². The number of rotatable bonds is 8. The number of aliphatic imine (C=N–C) groups is 1. The number of carbonyl (C=O) groups is 1. The second-order valence-electron chi connectivity index (χ2n) is 8.60. The molecule has 1 fully saturated rings. The number of hydrogen-bond acceptors (Lipinski definition) is 3. The molecule has 1 aliphatic rings. The predicted molar refractivity (Wildman–Crippen MR) is 130 cm³/mol. The summed E-state index contributed by atoms with van der Waals surface area (Å²) in [5.74, 6) is 0.995. The second kappa shape index (κ2) is 12.2. The number of carbonyl (C=O) groups excluding carboxylic acids is 1. The van der Waals surface area contributed by atoms with Crippen LogP contribution < -0.4 is 10.6 Å². The van der Waals surface area contributed by atoms with E-state index in [1.165, 1.54) is 16.7 Å². The van der Waals surface area contributed by atoms with Gasteiger partial charge in [-0.1, -0.05) is 60.2 Å². The van der Waals surface area contributed by atoms with Crippen molar-refractivity contribution >= 4 is 11.9 Å². The number of amides is 1. The van der Waals surface area contributed by atoms with Crippen LogP contribution in [0, 0.1) is 12.8 Å². The van der Waals surface area contributed by atoms with Crippen LogP contribution in [-0.4, -0.2) is 57.1 Å². The molecule has 2 aromatic rings. The number of hydrogen-bond donors (Lipinski definition) is 2. The number of guanidine groups is 1. The van der Waals surface area contributed by atoms with Crippen molar-refractivity contribution in [2.45, 2.75) is 32.3 Å². The smallest absolute Gasteiger partial charge is 0.243 e. The zero-order chi connectivity index (χ0) is 22.8. The largest absolute Gasteiger partial charge is 0.373 e. The number of benzene rings is 2. The van der Waals surface area contributed by atoms with Gasteiger partial charge in [0, 0.05) is 39.7 Å². The van der Waals surface area contributed by atoms with Crippen molar-refractivity contribution in [3.05, 3.63) is 71.3 Å². The molecule has 172 valence electrons. The molecule has 2 unspecified atom stereocenters. The van der Waals surface area contributed by atoms with Crippen molar-refractivity contribution in [1.29, 1.82) is 0 Å². The van der Waals surface area contributed by atoms with Gasteiger partial charge in [-0.15, -0.1) is 0 Å². The molecule has 6 nitrogen and oxygen atoms in total. The zero-order valence-electron chi connectivity index (χ0n) is 19.5. The van der Waals surface area contributed by atoms with E-state index >= 15 is 0 Å². The van der Waals surface area contributed by atoms with E-state index in [4.69, 9.17) is 4.74 Å². The van der Waals surface area contributed by atoms with Gasteiger partial charge in [0.1, 0.15) is 6.54 Å². The van der Waals surface area contributed by atoms with E-state index in [2.05, 4.69) is 58.9 Å². The predicted octanol–water partition coefficient (Wildman–Crippen LogP) is 3.33. The molecule has 0 bridgehead atoms. The van der Waals surface area contributed by atoms with Gasteiger partial charge in [0.15, 0.2) is 5.96 Å². The molecular weight excluding hydrogens is 400 g/mol. The molecule has 2 aromatic carbocycles. The van der Waals surface area contributed by atoms with Gasteiger partial charge in [-0.3, -0.25) is 4.79 Å². The summed E-state index contributed by atoms with van der Waals surface area (Å²) >= 11 is 0. The quantitative estimate of drug-likeness (QED) is 0.492. The molecule has 0 spiro atoms. The van der Waals surface area contributed by atoms with Crippen LogP contribution in [0.1, 0.15) is 35.6 Å². The minimum Gasteiger partial charge on any atom is -0.373 e. The molecule has 0 radical (unpaired) electrons. The van der Waals surface area contributed by atoms with Gasteiger partial charge < -0.3 is 20.3 Å². The summed E-state index contributed by atoms with van der Waals surface area (Å²) in [6.45, 7) is 4.50. The Kier molecular flexibility index (Phi) is 9.11. The van der Waals surface area contributed by atoms with Crippen molar-refractivity contribution in [3.8, 4) is 0 Å². The summed E-state index contributed by atoms with van der Waals surface area (Å²) in [4.78, 5) is 18.2. The topological polar surface area (TPSA) is 66.0 Å². The lowest BCUT2D eigenvalue weighted by Gasteiger charge is -2.32. The monoisotopic (exact) mass is 436 g/mol. The van der Waals surface area contributed by atoms with E-state index in [1.807, 2.05) is 18.2 Å². The van der Waals surface area contributed by atoms with Crippen LogP contribution in [0.25, 0.3) is 0 Å². The standard InChI is InChI=1S/C26H36N4O2/c1-20-11-13-22(14-12-20)25-23(10-7-17-32-25)18-28-26(29-19-24(31)30(2)3)27-16-15-21-8-5-4-6-9-21/h4-6,8-9,11-14,23,25H,7,10,15-19H2,1-3H3,(H2,27,28,29). The highest BCUT2D eigenvalue weighted by atomic mass is 16.5. The summed E-state index contributed by atoms with van der Waals surface area (Å²) in [5, 5.41) is 6.86. The van der Waals surface area contributed by atoms with E-state index in [0.29, 0.717) is 11.9 Å². The Morgan fingerprint density at radius 2 is 1.84 bits per heavy atom. The molecule has 1 saturated heterocycles. The number of nitrogens with one attached hydrogen (secondary N) is 2. The minimum atomic E-state index is -0.0207. The fourth-order valence-electron chi connectivity index (χ4n) is 3.84. The van der Waals surface area contributed by atoms with Crippen molar-refractivity contribution < 1.29 is 9.53 Å². The summed E-state index contributed by atoms with van der Waals surface area (Å²) < 4.78 is 6.16. The van der Waals surface area contributed by atoms with Crippen LogP contribution in [0.5, 0.6) is 0 Å². The first kappa shape index (κ1) is 23.8. The molecule has 1 heterocycles. The van der Waals surface area contributed by atoms with E-state index in [1.54, 1.807) is 19.0 Å². The average molecular weight is 437 g/mol. The van der Waals surface area contributed by atoms with Crippen LogP contribution in [0.4, 0.5) is 0 Å². The lowest BCUT2D eigenvalue weighted by molar-refractivity contribution is -0.127. The SMILES string of the molecule is Cc1ccc(C2OCCCC2CNC(=NCC(=O)N(C)C)NCCc2ccccc2)cc1. The maximum Gasteiger partial charge on any atom is 0.243 e. The van der Waals surface area contributed by atoms with Crippen LogP contribution in [-0.2, 0) is 16.0 Å². The Hall–Kier alpha value is -2.86. The van der Waals surface area contributed by atoms with Gasteiger partial charge in [0.05, 0.1) is 6.10 Å². The molecule has 6 heteroatoms. The average Bonchev–Trinajstić information content (AvgIpc) is 2.81. The third-order valence-corrected chi connectivity index (χ3v) is 5.80. The van der Waals surface area contributed by atoms with Crippen LogP contribution in [0.3, 0.4) is 0 Å². The van der Waals surface area contributed by atoms with Gasteiger partial charge >= 0.3 is 0 Å². The normalized spacial score (nSPS) is 18.8. The molecule has 2 atom stereocenters. The Morgan fingerprint density at radius 1 is 1.09 bits per heavy atom. The molecule has 0 aromatic heterocycles. The zero-order valence-corrected chi connectivity index (χ0v) is 19.5. The van der Waals surface area contributed by atoms with Crippen LogP contribution in [0.15, 0.2) is 59.6 Å². The summed E-state index contributed by atoms with van der Waals surface area (Å²) in [6, 6.07) is 19.0. The fraction of sp³-hybridized carbons (Fsp3) is 0.462. The second-order valence-corrected chi connectivity index (χ2v) is 8.60. The molecular formula is C26H36N4O2. The highest BCUT2D eigenvalue weighted by Crippen LogP contribution is 2.33. The Balaban J connectivity index is 1.62. The van der Waals surface area contributed by atoms with E-state index < -0.39 is 0 Å². The van der Waals surface area contributed by atoms with Crippen molar-refractivity contribution in [1.82, 2.24) is 15.5 Å². The van der Waals surface area contributed by atoms with E-state index in [0.717, 1.165) is 39.0 Å². The minimum absolute atomic E-state index is 0.0207. The molecule has 0 aliphatic carbocycles. The van der Waals surface area contributed by atoms with Crippen LogP contribution in [0.2, 0.25) is 0 Å². The summed E-state index contributed by atoms with van der Waals surface area (Å²) in [5.41, 5.74) is 3.74. The van der Waals surface area contributed by atoms with Gasteiger partial charge in [-0.25, -0.2) is 4.99 Å². The van der Waals surface area contributed by atoms with Crippen molar-refractivity contribution in [2.75, 3.05) is 40.3 Å². The van der Waals surface area contributed by atoms with Crippen LogP contribution >= 0.6 is 0 Å². The van der Waals surface area contributed by atoms with E-state index in [9.17, 15) is 4.79 Å². The fourth-order valence-corrected chi connectivity index (χ4v) is 3.84. The summed E-state index contributed by atoms with van der Waals surface area (Å²) in [7, 11) is 3.50. The van der Waals surface area contributed by atoms with Gasteiger partial charge in [-0.05, 0) is 37.3 Å².